The third-order valence-electron chi connectivity index (χ3n) is 3.35. The second kappa shape index (κ2) is 9.77. The van der Waals surface area contributed by atoms with Crippen molar-refractivity contribution < 1.29 is 14.3 Å². The molecular formula is C18H25NO3. The van der Waals surface area contributed by atoms with Crippen LogP contribution in [0.4, 0.5) is 0 Å². The van der Waals surface area contributed by atoms with Crippen LogP contribution in [-0.4, -0.2) is 25.0 Å². The summed E-state index contributed by atoms with van der Waals surface area (Å²) >= 11 is 0. The second-order valence-corrected chi connectivity index (χ2v) is 5.40. The summed E-state index contributed by atoms with van der Waals surface area (Å²) in [5.41, 5.74) is 1.19. The summed E-state index contributed by atoms with van der Waals surface area (Å²) in [7, 11) is 0. The largest absolute Gasteiger partial charge is 0.463 e. The Hall–Kier alpha value is -2.10. The number of rotatable bonds is 9. The quantitative estimate of drug-likeness (QED) is 0.432. The Labute approximate surface area is 132 Å². The molecule has 1 rings (SSSR count). The molecule has 4 nitrogen and oxygen atoms in total. The van der Waals surface area contributed by atoms with Crippen LogP contribution in [-0.2, 0) is 9.53 Å². The van der Waals surface area contributed by atoms with Gasteiger partial charge in [0.25, 0.3) is 5.91 Å². The predicted octanol–water partition coefficient (Wildman–Crippen LogP) is 3.34. The molecule has 0 bridgehead atoms. The molecule has 0 aliphatic heterocycles. The summed E-state index contributed by atoms with van der Waals surface area (Å²) in [6.07, 6.45) is 2.43. The minimum absolute atomic E-state index is 0.0517. The molecule has 0 aromatic heterocycles. The molecule has 0 saturated heterocycles. The number of ether oxygens (including phenoxy) is 1. The van der Waals surface area contributed by atoms with Crippen LogP contribution in [0.2, 0.25) is 0 Å². The van der Waals surface area contributed by atoms with Crippen molar-refractivity contribution in [2.24, 2.45) is 5.92 Å². The van der Waals surface area contributed by atoms with E-state index in [2.05, 4.69) is 18.8 Å². The molecule has 0 aliphatic rings. The van der Waals surface area contributed by atoms with E-state index in [0.29, 0.717) is 36.6 Å². The van der Waals surface area contributed by atoms with Gasteiger partial charge in [0, 0.05) is 17.7 Å². The smallest absolute Gasteiger partial charge is 0.333 e. The molecular weight excluding hydrogens is 278 g/mol. The fourth-order valence-electron chi connectivity index (χ4n) is 2.18. The van der Waals surface area contributed by atoms with Gasteiger partial charge in [0.05, 0.1) is 6.61 Å². The van der Waals surface area contributed by atoms with Crippen LogP contribution in [0.5, 0.6) is 0 Å². The van der Waals surface area contributed by atoms with Crippen molar-refractivity contribution in [2.75, 3.05) is 13.2 Å². The summed E-state index contributed by atoms with van der Waals surface area (Å²) in [6, 6.07) is 9.16. The number of esters is 1. The molecule has 1 atom stereocenters. The van der Waals surface area contributed by atoms with Gasteiger partial charge in [-0.05, 0) is 44.2 Å². The van der Waals surface area contributed by atoms with E-state index in [1.54, 1.807) is 19.1 Å². The third kappa shape index (κ3) is 6.57. The standard InChI is InChI=1S/C18H25NO3/c1-4-22-18(21)15(3)13-14(2)9-8-12-19-17(20)16-10-6-5-7-11-16/h5-7,10-11,14H,3-4,8-9,12-13H2,1-2H3,(H,19,20). The van der Waals surface area contributed by atoms with E-state index in [4.69, 9.17) is 4.74 Å². The minimum atomic E-state index is -0.313. The molecule has 120 valence electrons. The number of carbonyl (C=O) groups excluding carboxylic acids is 2. The van der Waals surface area contributed by atoms with Crippen molar-refractivity contribution in [3.8, 4) is 0 Å². The van der Waals surface area contributed by atoms with Crippen LogP contribution >= 0.6 is 0 Å². The monoisotopic (exact) mass is 303 g/mol. The Balaban J connectivity index is 2.20. The number of nitrogens with one attached hydrogen (secondary N) is 1. The molecule has 0 heterocycles. The molecule has 1 amide bonds. The Kier molecular flexibility index (Phi) is 7.97. The molecule has 1 aromatic rings. The third-order valence-corrected chi connectivity index (χ3v) is 3.35. The van der Waals surface area contributed by atoms with E-state index in [-0.39, 0.29) is 11.9 Å². The summed E-state index contributed by atoms with van der Waals surface area (Å²) < 4.78 is 4.92. The fourth-order valence-corrected chi connectivity index (χ4v) is 2.18. The molecule has 0 saturated carbocycles. The predicted molar refractivity (Wildman–Crippen MR) is 87.6 cm³/mol. The van der Waals surface area contributed by atoms with Gasteiger partial charge in [0.2, 0.25) is 0 Å². The highest BCUT2D eigenvalue weighted by molar-refractivity contribution is 5.94. The van der Waals surface area contributed by atoms with Gasteiger partial charge in [-0.1, -0.05) is 31.7 Å². The number of benzene rings is 1. The van der Waals surface area contributed by atoms with E-state index < -0.39 is 0 Å². The van der Waals surface area contributed by atoms with E-state index in [1.165, 1.54) is 0 Å². The lowest BCUT2D eigenvalue weighted by Crippen LogP contribution is -2.24. The SMILES string of the molecule is C=C(CC(C)CCCNC(=O)c1ccccc1)C(=O)OCC. The topological polar surface area (TPSA) is 55.4 Å². The first-order chi connectivity index (χ1) is 10.5. The van der Waals surface area contributed by atoms with Gasteiger partial charge >= 0.3 is 5.97 Å². The lowest BCUT2D eigenvalue weighted by Gasteiger charge is -2.13. The van der Waals surface area contributed by atoms with Crippen molar-refractivity contribution in [1.82, 2.24) is 5.32 Å². The zero-order valence-electron chi connectivity index (χ0n) is 13.4. The van der Waals surface area contributed by atoms with Crippen molar-refractivity contribution in [3.63, 3.8) is 0 Å². The first-order valence-electron chi connectivity index (χ1n) is 7.72. The molecule has 0 radical (unpaired) electrons. The molecule has 0 fully saturated rings. The summed E-state index contributed by atoms with van der Waals surface area (Å²) in [6.45, 7) is 8.62. The lowest BCUT2D eigenvalue weighted by atomic mass is 9.97. The summed E-state index contributed by atoms with van der Waals surface area (Å²) in [5.74, 6) is -0.0264. The van der Waals surface area contributed by atoms with E-state index in [0.717, 1.165) is 12.8 Å². The molecule has 1 N–H and O–H groups in total. The molecule has 22 heavy (non-hydrogen) atoms. The highest BCUT2D eigenvalue weighted by atomic mass is 16.5. The first kappa shape index (κ1) is 18.0. The van der Waals surface area contributed by atoms with Crippen molar-refractivity contribution in [1.29, 1.82) is 0 Å². The van der Waals surface area contributed by atoms with Crippen LogP contribution in [0.3, 0.4) is 0 Å². The van der Waals surface area contributed by atoms with Gasteiger partial charge in [0.15, 0.2) is 0 Å². The van der Waals surface area contributed by atoms with Crippen molar-refractivity contribution in [2.45, 2.75) is 33.1 Å². The Bertz CT molecular complexity index is 496. The van der Waals surface area contributed by atoms with Crippen LogP contribution in [0.25, 0.3) is 0 Å². The van der Waals surface area contributed by atoms with Crippen LogP contribution in [0.15, 0.2) is 42.5 Å². The number of amides is 1. The highest BCUT2D eigenvalue weighted by Crippen LogP contribution is 2.16. The average Bonchev–Trinajstić information content (AvgIpc) is 2.52. The number of hydrogen-bond donors (Lipinski definition) is 1. The molecule has 1 aromatic carbocycles. The lowest BCUT2D eigenvalue weighted by molar-refractivity contribution is -0.138. The van der Waals surface area contributed by atoms with Crippen LogP contribution in [0.1, 0.15) is 43.5 Å². The van der Waals surface area contributed by atoms with Crippen molar-refractivity contribution in [3.05, 3.63) is 48.0 Å². The molecule has 4 heteroatoms. The van der Waals surface area contributed by atoms with Gasteiger partial charge in [0.1, 0.15) is 0 Å². The Morgan fingerprint density at radius 1 is 1.27 bits per heavy atom. The normalized spacial score (nSPS) is 11.5. The maximum Gasteiger partial charge on any atom is 0.333 e. The molecule has 1 unspecified atom stereocenters. The van der Waals surface area contributed by atoms with Gasteiger partial charge in [-0.25, -0.2) is 4.79 Å². The highest BCUT2D eigenvalue weighted by Gasteiger charge is 2.12. The van der Waals surface area contributed by atoms with E-state index in [9.17, 15) is 9.59 Å². The zero-order chi connectivity index (χ0) is 16.4. The first-order valence-corrected chi connectivity index (χ1v) is 7.72. The zero-order valence-corrected chi connectivity index (χ0v) is 13.4. The maximum absolute atomic E-state index is 11.8. The van der Waals surface area contributed by atoms with E-state index in [1.807, 2.05) is 18.2 Å². The Morgan fingerprint density at radius 3 is 2.59 bits per heavy atom. The van der Waals surface area contributed by atoms with Gasteiger partial charge < -0.3 is 10.1 Å². The number of carbonyl (C=O) groups is 2. The van der Waals surface area contributed by atoms with Crippen LogP contribution < -0.4 is 5.32 Å². The summed E-state index contributed by atoms with van der Waals surface area (Å²) in [4.78, 5) is 23.3. The second-order valence-electron chi connectivity index (χ2n) is 5.40. The summed E-state index contributed by atoms with van der Waals surface area (Å²) in [5, 5.41) is 2.90. The Morgan fingerprint density at radius 2 is 1.95 bits per heavy atom. The molecule has 0 aliphatic carbocycles. The average molecular weight is 303 g/mol. The molecule has 0 spiro atoms. The maximum atomic E-state index is 11.8. The fraction of sp³-hybridized carbons (Fsp3) is 0.444. The van der Waals surface area contributed by atoms with Gasteiger partial charge in [-0.15, -0.1) is 0 Å². The number of hydrogen-bond acceptors (Lipinski definition) is 3. The van der Waals surface area contributed by atoms with Crippen LogP contribution in [0, 0.1) is 5.92 Å². The van der Waals surface area contributed by atoms with Gasteiger partial charge in [-0.3, -0.25) is 4.79 Å². The van der Waals surface area contributed by atoms with Gasteiger partial charge in [-0.2, -0.15) is 0 Å². The van der Waals surface area contributed by atoms with Crippen molar-refractivity contribution >= 4 is 11.9 Å². The van der Waals surface area contributed by atoms with E-state index >= 15 is 0 Å². The minimum Gasteiger partial charge on any atom is -0.463 e.